The maximum Gasteiger partial charge on any atom is 0.419 e. The topological polar surface area (TPSA) is 82.5 Å². The van der Waals surface area contributed by atoms with E-state index >= 15 is 0 Å². The summed E-state index contributed by atoms with van der Waals surface area (Å²) in [7, 11) is 0. The molecule has 0 fully saturated rings. The van der Waals surface area contributed by atoms with Crippen LogP contribution in [0.25, 0.3) is 0 Å². The number of carbonyl (C=O) groups excluding carboxylic acids is 2. The molecule has 0 saturated heterocycles. The van der Waals surface area contributed by atoms with Gasteiger partial charge in [-0.2, -0.15) is 0 Å². The molecule has 7 nitrogen and oxygen atoms in total. The van der Waals surface area contributed by atoms with Gasteiger partial charge < -0.3 is 14.8 Å². The molecule has 1 heterocycles. The maximum absolute atomic E-state index is 11.3. The van der Waals surface area contributed by atoms with Crippen molar-refractivity contribution in [3.8, 4) is 0 Å². The lowest BCUT2D eigenvalue weighted by atomic mass is 10.2. The fraction of sp³-hybridized carbons (Fsp3) is 0.545. The summed E-state index contributed by atoms with van der Waals surface area (Å²) in [5.74, 6) is 0. The van der Waals surface area contributed by atoms with Gasteiger partial charge in [0.25, 0.3) is 0 Å². The summed E-state index contributed by atoms with van der Waals surface area (Å²) in [6.07, 6.45) is 3.20. The molecular formula is C11H17N3O4. The number of rotatable bonds is 3. The van der Waals surface area contributed by atoms with Gasteiger partial charge in [-0.15, -0.1) is 0 Å². The minimum atomic E-state index is -0.544. The van der Waals surface area contributed by atoms with Gasteiger partial charge in [0.05, 0.1) is 6.54 Å². The van der Waals surface area contributed by atoms with E-state index in [9.17, 15) is 9.59 Å². The summed E-state index contributed by atoms with van der Waals surface area (Å²) in [5, 5.41) is 2.48. The summed E-state index contributed by atoms with van der Waals surface area (Å²) >= 11 is 0. The Hall–Kier alpha value is -2.05. The molecule has 0 aliphatic heterocycles. The summed E-state index contributed by atoms with van der Waals surface area (Å²) in [6.45, 7) is 5.56. The van der Waals surface area contributed by atoms with Crippen molar-refractivity contribution >= 4 is 12.2 Å². The lowest BCUT2D eigenvalue weighted by Gasteiger charge is -2.19. The smallest absolute Gasteiger partial charge is 0.419 e. The van der Waals surface area contributed by atoms with Crippen LogP contribution in [-0.2, 0) is 9.47 Å². The van der Waals surface area contributed by atoms with E-state index in [0.29, 0.717) is 0 Å². The van der Waals surface area contributed by atoms with E-state index in [1.54, 1.807) is 20.8 Å². The molecule has 1 N–H and O–H groups in total. The number of ether oxygens (including phenoxy) is 2. The second kappa shape index (κ2) is 6.04. The number of imidazole rings is 1. The van der Waals surface area contributed by atoms with Crippen molar-refractivity contribution in [2.45, 2.75) is 26.4 Å². The number of nitrogens with zero attached hydrogens (tertiary/aromatic N) is 2. The first-order valence-corrected chi connectivity index (χ1v) is 5.50. The number of alkyl carbamates (subject to hydrolysis) is 1. The molecule has 18 heavy (non-hydrogen) atoms. The summed E-state index contributed by atoms with van der Waals surface area (Å²) in [5.41, 5.74) is -0.544. The second-order valence-electron chi connectivity index (χ2n) is 4.51. The molecule has 100 valence electrons. The van der Waals surface area contributed by atoms with Crippen molar-refractivity contribution in [2.24, 2.45) is 0 Å². The first-order chi connectivity index (χ1) is 8.38. The lowest BCUT2D eigenvalue weighted by Crippen LogP contribution is -2.34. The normalized spacial score (nSPS) is 10.8. The average molecular weight is 255 g/mol. The molecule has 1 rings (SSSR count). The van der Waals surface area contributed by atoms with Crippen LogP contribution < -0.4 is 5.32 Å². The van der Waals surface area contributed by atoms with Gasteiger partial charge in [-0.25, -0.2) is 19.1 Å². The first-order valence-electron chi connectivity index (χ1n) is 5.50. The fourth-order valence-corrected chi connectivity index (χ4v) is 1.05. The molecule has 0 aliphatic rings. The molecule has 0 aliphatic carbocycles. The number of aromatic nitrogens is 2. The molecule has 1 aromatic rings. The SMILES string of the molecule is CC(C)(C)OC(=O)NCCOC(=O)n1ccnc1. The van der Waals surface area contributed by atoms with Gasteiger partial charge >= 0.3 is 12.2 Å². The van der Waals surface area contributed by atoms with Gasteiger partial charge in [0, 0.05) is 12.4 Å². The highest BCUT2D eigenvalue weighted by molar-refractivity contribution is 5.70. The fourth-order valence-electron chi connectivity index (χ4n) is 1.05. The third kappa shape index (κ3) is 5.33. The molecule has 0 atom stereocenters. The van der Waals surface area contributed by atoms with E-state index in [2.05, 4.69) is 10.3 Å². The van der Waals surface area contributed by atoms with E-state index in [-0.39, 0.29) is 13.2 Å². The lowest BCUT2D eigenvalue weighted by molar-refractivity contribution is 0.0512. The van der Waals surface area contributed by atoms with Crippen molar-refractivity contribution < 1.29 is 19.1 Å². The van der Waals surface area contributed by atoms with Crippen LogP contribution in [0.15, 0.2) is 18.7 Å². The molecule has 7 heteroatoms. The Bertz CT molecular complexity index is 395. The summed E-state index contributed by atoms with van der Waals surface area (Å²) in [4.78, 5) is 26.3. The monoisotopic (exact) mass is 255 g/mol. The Labute approximate surface area is 105 Å². The molecule has 1 amide bonds. The predicted octanol–water partition coefficient (Wildman–Crippen LogP) is 1.39. The Morgan fingerprint density at radius 2 is 2.11 bits per heavy atom. The highest BCUT2D eigenvalue weighted by atomic mass is 16.6. The highest BCUT2D eigenvalue weighted by Crippen LogP contribution is 2.06. The number of carbonyl (C=O) groups is 2. The minimum Gasteiger partial charge on any atom is -0.447 e. The third-order valence-electron chi connectivity index (χ3n) is 1.71. The average Bonchev–Trinajstić information content (AvgIpc) is 2.74. The largest absolute Gasteiger partial charge is 0.447 e. The Morgan fingerprint density at radius 1 is 1.39 bits per heavy atom. The van der Waals surface area contributed by atoms with E-state index in [1.165, 1.54) is 23.3 Å². The van der Waals surface area contributed by atoms with Crippen LogP contribution in [0.4, 0.5) is 9.59 Å². The second-order valence-corrected chi connectivity index (χ2v) is 4.51. The number of hydrogen-bond donors (Lipinski definition) is 1. The molecular weight excluding hydrogens is 238 g/mol. The number of nitrogens with one attached hydrogen (secondary N) is 1. The number of hydrogen-bond acceptors (Lipinski definition) is 5. The molecule has 0 saturated carbocycles. The summed E-state index contributed by atoms with van der Waals surface area (Å²) in [6, 6.07) is 0. The van der Waals surface area contributed by atoms with Gasteiger partial charge in [0.2, 0.25) is 0 Å². The van der Waals surface area contributed by atoms with Crippen LogP contribution in [0.2, 0.25) is 0 Å². The third-order valence-corrected chi connectivity index (χ3v) is 1.71. The van der Waals surface area contributed by atoms with Crippen molar-refractivity contribution in [1.29, 1.82) is 0 Å². The maximum atomic E-state index is 11.3. The van der Waals surface area contributed by atoms with Crippen LogP contribution in [-0.4, -0.2) is 40.5 Å². The zero-order chi connectivity index (χ0) is 13.6. The van der Waals surface area contributed by atoms with Crippen LogP contribution in [0.5, 0.6) is 0 Å². The molecule has 1 aromatic heterocycles. The molecule has 0 radical (unpaired) electrons. The minimum absolute atomic E-state index is 0.0657. The molecule has 0 bridgehead atoms. The molecule has 0 spiro atoms. The van der Waals surface area contributed by atoms with Crippen molar-refractivity contribution in [2.75, 3.05) is 13.2 Å². The van der Waals surface area contributed by atoms with Crippen LogP contribution in [0, 0.1) is 0 Å². The molecule has 0 unspecified atom stereocenters. The standard InChI is InChI=1S/C11H17N3O4/c1-11(2,3)18-9(15)13-5-7-17-10(16)14-6-4-12-8-14/h4,6,8H,5,7H2,1-3H3,(H,13,15). The quantitative estimate of drug-likeness (QED) is 0.825. The van der Waals surface area contributed by atoms with E-state index in [0.717, 1.165) is 0 Å². The van der Waals surface area contributed by atoms with Crippen molar-refractivity contribution in [3.05, 3.63) is 18.7 Å². The van der Waals surface area contributed by atoms with Crippen molar-refractivity contribution in [3.63, 3.8) is 0 Å². The van der Waals surface area contributed by atoms with E-state index in [4.69, 9.17) is 9.47 Å². The zero-order valence-corrected chi connectivity index (χ0v) is 10.7. The van der Waals surface area contributed by atoms with Gasteiger partial charge in [-0.3, -0.25) is 0 Å². The highest BCUT2D eigenvalue weighted by Gasteiger charge is 2.15. The van der Waals surface area contributed by atoms with Gasteiger partial charge in [-0.05, 0) is 20.8 Å². The van der Waals surface area contributed by atoms with Crippen LogP contribution in [0.3, 0.4) is 0 Å². The molecule has 0 aromatic carbocycles. The van der Waals surface area contributed by atoms with E-state index < -0.39 is 17.8 Å². The Morgan fingerprint density at radius 3 is 2.67 bits per heavy atom. The van der Waals surface area contributed by atoms with E-state index in [1.807, 2.05) is 0 Å². The van der Waals surface area contributed by atoms with Gasteiger partial charge in [-0.1, -0.05) is 0 Å². The Balaban J connectivity index is 2.16. The first kappa shape index (κ1) is 14.0. The van der Waals surface area contributed by atoms with Crippen LogP contribution >= 0.6 is 0 Å². The summed E-state index contributed by atoms with van der Waals surface area (Å²) < 4.78 is 11.1. The number of amides is 1. The van der Waals surface area contributed by atoms with Gasteiger partial charge in [0.15, 0.2) is 0 Å². The zero-order valence-electron chi connectivity index (χ0n) is 10.7. The van der Waals surface area contributed by atoms with Crippen LogP contribution in [0.1, 0.15) is 20.8 Å². The predicted molar refractivity (Wildman–Crippen MR) is 63.2 cm³/mol. The Kier molecular flexibility index (Phi) is 4.70. The van der Waals surface area contributed by atoms with Crippen molar-refractivity contribution in [1.82, 2.24) is 14.9 Å². The van der Waals surface area contributed by atoms with Gasteiger partial charge in [0.1, 0.15) is 18.5 Å².